The molecule has 0 atom stereocenters. The maximum absolute atomic E-state index is 12.5. The summed E-state index contributed by atoms with van der Waals surface area (Å²) >= 11 is 0. The Bertz CT molecular complexity index is 837. The second-order valence-corrected chi connectivity index (χ2v) is 6.55. The summed E-state index contributed by atoms with van der Waals surface area (Å²) in [5.41, 5.74) is 0.845. The topological polar surface area (TPSA) is 71.7 Å². The van der Waals surface area contributed by atoms with E-state index in [4.69, 9.17) is 0 Å². The van der Waals surface area contributed by atoms with E-state index in [0.717, 1.165) is 4.31 Å². The third-order valence-corrected chi connectivity index (χ3v) is 5.05. The lowest BCUT2D eigenvalue weighted by Gasteiger charge is -2.23. The zero-order chi connectivity index (χ0) is 15.0. The first-order valence-corrected chi connectivity index (χ1v) is 7.74. The summed E-state index contributed by atoms with van der Waals surface area (Å²) in [5.74, 6) is -0.281. The van der Waals surface area contributed by atoms with Crippen molar-refractivity contribution in [3.8, 4) is 0 Å². The Morgan fingerprint density at radius 2 is 1.95 bits per heavy atom. The van der Waals surface area contributed by atoms with Gasteiger partial charge >= 0.3 is 0 Å². The van der Waals surface area contributed by atoms with Crippen LogP contribution in [0.3, 0.4) is 0 Å². The molecule has 0 unspecified atom stereocenters. The lowest BCUT2D eigenvalue weighted by Crippen LogP contribution is -2.36. The zero-order valence-electron chi connectivity index (χ0n) is 11.3. The summed E-state index contributed by atoms with van der Waals surface area (Å²) < 4.78 is 27.6. The van der Waals surface area contributed by atoms with Crippen LogP contribution >= 0.6 is 0 Å². The number of hydrogen-bond acceptors (Lipinski definition) is 4. The smallest absolute Gasteiger partial charge is 0.267 e. The van der Waals surface area contributed by atoms with Crippen LogP contribution in [-0.4, -0.2) is 36.0 Å². The van der Waals surface area contributed by atoms with Crippen molar-refractivity contribution in [1.82, 2.24) is 8.87 Å². The summed E-state index contributed by atoms with van der Waals surface area (Å²) in [6, 6.07) is 9.86. The molecule has 0 fully saturated rings. The lowest BCUT2D eigenvalue weighted by atomic mass is 10.3. The van der Waals surface area contributed by atoms with Gasteiger partial charge in [0.2, 0.25) is 0 Å². The number of carbonyl (C=O) groups is 1. The van der Waals surface area contributed by atoms with Gasteiger partial charge in [-0.25, -0.2) is 17.7 Å². The number of aryl methyl sites for hydroxylation is 1. The number of Topliss-reactive ketones (excluding diaryl/α,β-unsaturated/α-hetero) is 1. The number of rotatable bonds is 3. The van der Waals surface area contributed by atoms with Crippen molar-refractivity contribution < 1.29 is 13.2 Å². The minimum Gasteiger partial charge on any atom is -0.348 e. The molecule has 0 saturated heterocycles. The summed E-state index contributed by atoms with van der Waals surface area (Å²) in [7, 11) is -1.99. The van der Waals surface area contributed by atoms with Crippen LogP contribution in [0.1, 0.15) is 10.5 Å². The highest BCUT2D eigenvalue weighted by Crippen LogP contribution is 2.29. The van der Waals surface area contributed by atoms with Crippen LogP contribution in [0.2, 0.25) is 0 Å². The van der Waals surface area contributed by atoms with E-state index in [0.29, 0.717) is 11.4 Å². The van der Waals surface area contributed by atoms with Gasteiger partial charge in [-0.3, -0.25) is 4.79 Å². The van der Waals surface area contributed by atoms with E-state index < -0.39 is 10.0 Å². The molecule has 1 aliphatic rings. The van der Waals surface area contributed by atoms with Gasteiger partial charge in [0.05, 0.1) is 11.4 Å². The first-order chi connectivity index (χ1) is 10.00. The van der Waals surface area contributed by atoms with Gasteiger partial charge in [-0.1, -0.05) is 12.1 Å². The number of aliphatic imine (C=N–C) groups is 1. The number of nitrogens with zero attached hydrogens (tertiary/aromatic N) is 3. The second kappa shape index (κ2) is 4.85. The second-order valence-electron chi connectivity index (χ2n) is 4.69. The Hall–Kier alpha value is -2.41. The highest BCUT2D eigenvalue weighted by atomic mass is 32.2. The highest BCUT2D eigenvalue weighted by Gasteiger charge is 2.30. The van der Waals surface area contributed by atoms with E-state index in [9.17, 15) is 13.2 Å². The summed E-state index contributed by atoms with van der Waals surface area (Å²) in [5, 5.41) is 0. The Labute approximate surface area is 122 Å². The molecule has 6 nitrogen and oxygen atoms in total. The van der Waals surface area contributed by atoms with Crippen molar-refractivity contribution in [2.75, 3.05) is 6.54 Å². The van der Waals surface area contributed by atoms with Crippen LogP contribution in [0.4, 0.5) is 5.69 Å². The van der Waals surface area contributed by atoms with Gasteiger partial charge < -0.3 is 4.57 Å². The highest BCUT2D eigenvalue weighted by molar-refractivity contribution is 7.89. The Morgan fingerprint density at radius 3 is 2.67 bits per heavy atom. The predicted molar refractivity (Wildman–Crippen MR) is 78.2 cm³/mol. The maximum atomic E-state index is 12.5. The van der Waals surface area contributed by atoms with Crippen molar-refractivity contribution in [3.05, 3.63) is 48.3 Å². The minimum atomic E-state index is -3.73. The third kappa shape index (κ3) is 2.25. The molecule has 21 heavy (non-hydrogen) atoms. The van der Waals surface area contributed by atoms with E-state index in [1.807, 2.05) is 0 Å². The van der Waals surface area contributed by atoms with Crippen molar-refractivity contribution >= 4 is 27.8 Å². The van der Waals surface area contributed by atoms with Gasteiger partial charge in [0.1, 0.15) is 17.8 Å². The van der Waals surface area contributed by atoms with Gasteiger partial charge in [0.25, 0.3) is 10.0 Å². The molecule has 0 N–H and O–H groups in total. The average molecular weight is 303 g/mol. The average Bonchev–Trinajstić information content (AvgIpc) is 2.88. The first-order valence-electron chi connectivity index (χ1n) is 6.30. The molecule has 1 aromatic heterocycles. The first kappa shape index (κ1) is 13.6. The zero-order valence-corrected chi connectivity index (χ0v) is 12.1. The van der Waals surface area contributed by atoms with Crippen LogP contribution in [0.5, 0.6) is 0 Å². The van der Waals surface area contributed by atoms with Crippen LogP contribution in [0, 0.1) is 0 Å². The molecule has 3 rings (SSSR count). The van der Waals surface area contributed by atoms with Crippen LogP contribution in [0.25, 0.3) is 0 Å². The number of fused-ring (bicyclic) bond motifs is 1. The molecule has 1 aromatic carbocycles. The van der Waals surface area contributed by atoms with Crippen LogP contribution in [-0.2, 0) is 17.1 Å². The van der Waals surface area contributed by atoms with Crippen LogP contribution in [0.15, 0.2) is 52.5 Å². The number of sulfonamides is 1. The van der Waals surface area contributed by atoms with Gasteiger partial charge in [-0.2, -0.15) is 0 Å². The molecule has 2 aromatic rings. The number of carbonyl (C=O) groups excluding carboxylic acids is 1. The molecular weight excluding hydrogens is 290 g/mol. The van der Waals surface area contributed by atoms with Gasteiger partial charge in [-0.05, 0) is 24.3 Å². The summed E-state index contributed by atoms with van der Waals surface area (Å²) in [4.78, 5) is 16.4. The summed E-state index contributed by atoms with van der Waals surface area (Å²) in [6.45, 7) is -0.266. The number of hydrogen-bond donors (Lipinski definition) is 0. The quantitative estimate of drug-likeness (QED) is 0.808. The fourth-order valence-corrected chi connectivity index (χ4v) is 3.54. The van der Waals surface area contributed by atoms with E-state index in [-0.39, 0.29) is 17.2 Å². The van der Waals surface area contributed by atoms with Crippen molar-refractivity contribution in [2.24, 2.45) is 12.0 Å². The fraction of sp³-hybridized carbons (Fsp3) is 0.143. The number of para-hydroxylation sites is 1. The molecule has 2 heterocycles. The summed E-state index contributed by atoms with van der Waals surface area (Å²) in [6.07, 6.45) is 2.93. The minimum absolute atomic E-state index is 0.118. The van der Waals surface area contributed by atoms with Crippen molar-refractivity contribution in [2.45, 2.75) is 4.90 Å². The van der Waals surface area contributed by atoms with E-state index in [1.54, 1.807) is 48.1 Å². The Balaban J connectivity index is 1.92. The van der Waals surface area contributed by atoms with Gasteiger partial charge in [0.15, 0.2) is 5.78 Å². The third-order valence-electron chi connectivity index (χ3n) is 3.31. The van der Waals surface area contributed by atoms with E-state index in [1.165, 1.54) is 12.4 Å². The largest absolute Gasteiger partial charge is 0.348 e. The normalized spacial score (nSPS) is 15.8. The Kier molecular flexibility index (Phi) is 3.13. The predicted octanol–water partition coefficient (Wildman–Crippen LogP) is 1.57. The number of aromatic nitrogens is 1. The maximum Gasteiger partial charge on any atom is 0.267 e. The standard InChI is InChI=1S/C14H13N3O3S/c1-16-8-4-6-12(16)13(18)9-17-10-15-11-5-2-3-7-14(11)21(17,19)20/h2-8,10H,9H2,1H3. The van der Waals surface area contributed by atoms with Crippen LogP contribution < -0.4 is 0 Å². The lowest BCUT2D eigenvalue weighted by molar-refractivity contribution is 0.0973. The molecule has 108 valence electrons. The molecule has 0 spiro atoms. The molecule has 0 saturated carbocycles. The van der Waals surface area contributed by atoms with Gasteiger partial charge in [0, 0.05) is 13.2 Å². The SMILES string of the molecule is Cn1cccc1C(=O)CN1C=Nc2ccccc2S1(=O)=O. The number of ketones is 1. The molecule has 7 heteroatoms. The molecule has 0 bridgehead atoms. The van der Waals surface area contributed by atoms with Crippen molar-refractivity contribution in [1.29, 1.82) is 0 Å². The van der Waals surface area contributed by atoms with Gasteiger partial charge in [-0.15, -0.1) is 0 Å². The molecular formula is C14H13N3O3S. The molecule has 0 aliphatic carbocycles. The van der Waals surface area contributed by atoms with E-state index >= 15 is 0 Å². The fourth-order valence-electron chi connectivity index (χ4n) is 2.20. The van der Waals surface area contributed by atoms with Crippen molar-refractivity contribution in [3.63, 3.8) is 0 Å². The molecule has 1 aliphatic heterocycles. The molecule has 0 radical (unpaired) electrons. The monoisotopic (exact) mass is 303 g/mol. The molecule has 0 amide bonds. The Morgan fingerprint density at radius 1 is 1.19 bits per heavy atom. The van der Waals surface area contributed by atoms with E-state index in [2.05, 4.69) is 4.99 Å². The number of benzene rings is 1.